The van der Waals surface area contributed by atoms with Gasteiger partial charge in [0, 0.05) is 43.5 Å². The van der Waals surface area contributed by atoms with Crippen molar-refractivity contribution >= 4 is 16.5 Å². The van der Waals surface area contributed by atoms with Crippen molar-refractivity contribution in [2.24, 2.45) is 0 Å². The standard InChI is InChI=1S/C16H17FN4S/c1-20(9-3-11-21-10-2-8-18-21)16-19-15(12-22-16)13-4-6-14(17)7-5-13/h2,4-8,10,12H,3,9,11H2,1H3. The van der Waals surface area contributed by atoms with Crippen LogP contribution in [0.4, 0.5) is 9.52 Å². The molecule has 0 radical (unpaired) electrons. The maximum absolute atomic E-state index is 13.0. The van der Waals surface area contributed by atoms with Crippen molar-refractivity contribution in [3.63, 3.8) is 0 Å². The predicted octanol–water partition coefficient (Wildman–Crippen LogP) is 3.67. The van der Waals surface area contributed by atoms with Crippen LogP contribution in [0.1, 0.15) is 6.42 Å². The van der Waals surface area contributed by atoms with Crippen LogP contribution in [0.2, 0.25) is 0 Å². The first-order chi connectivity index (χ1) is 10.7. The maximum atomic E-state index is 13.0. The summed E-state index contributed by atoms with van der Waals surface area (Å²) in [6.45, 7) is 1.81. The van der Waals surface area contributed by atoms with Gasteiger partial charge in [-0.15, -0.1) is 11.3 Å². The van der Waals surface area contributed by atoms with Crippen LogP contribution >= 0.6 is 11.3 Å². The number of aromatic nitrogens is 3. The lowest BCUT2D eigenvalue weighted by Crippen LogP contribution is -2.19. The van der Waals surface area contributed by atoms with Gasteiger partial charge in [0.1, 0.15) is 5.82 Å². The molecule has 0 unspecified atom stereocenters. The van der Waals surface area contributed by atoms with E-state index in [1.807, 2.05) is 29.4 Å². The quantitative estimate of drug-likeness (QED) is 0.696. The molecule has 2 heterocycles. The van der Waals surface area contributed by atoms with E-state index in [1.54, 1.807) is 29.7 Å². The molecule has 0 aliphatic rings. The number of hydrogen-bond acceptors (Lipinski definition) is 4. The van der Waals surface area contributed by atoms with Gasteiger partial charge in [0.05, 0.1) is 5.69 Å². The van der Waals surface area contributed by atoms with E-state index in [2.05, 4.69) is 15.0 Å². The van der Waals surface area contributed by atoms with E-state index >= 15 is 0 Å². The zero-order valence-corrected chi connectivity index (χ0v) is 13.1. The second kappa shape index (κ2) is 6.70. The van der Waals surface area contributed by atoms with Gasteiger partial charge in [-0.2, -0.15) is 5.10 Å². The highest BCUT2D eigenvalue weighted by Crippen LogP contribution is 2.27. The number of aryl methyl sites for hydroxylation is 1. The summed E-state index contributed by atoms with van der Waals surface area (Å²) < 4.78 is 14.9. The molecule has 6 heteroatoms. The number of nitrogens with zero attached hydrogens (tertiary/aromatic N) is 4. The number of thiazole rings is 1. The molecule has 3 aromatic rings. The van der Waals surface area contributed by atoms with E-state index in [9.17, 15) is 4.39 Å². The third kappa shape index (κ3) is 3.51. The van der Waals surface area contributed by atoms with Gasteiger partial charge < -0.3 is 4.90 Å². The monoisotopic (exact) mass is 316 g/mol. The van der Waals surface area contributed by atoms with E-state index < -0.39 is 0 Å². The minimum absolute atomic E-state index is 0.227. The molecule has 0 N–H and O–H groups in total. The largest absolute Gasteiger partial charge is 0.351 e. The maximum Gasteiger partial charge on any atom is 0.185 e. The van der Waals surface area contributed by atoms with Crippen LogP contribution in [-0.4, -0.2) is 28.4 Å². The van der Waals surface area contributed by atoms with Gasteiger partial charge in [0.2, 0.25) is 0 Å². The highest BCUT2D eigenvalue weighted by molar-refractivity contribution is 7.14. The molecule has 0 saturated carbocycles. The summed E-state index contributed by atoms with van der Waals surface area (Å²) in [5, 5.41) is 7.17. The van der Waals surface area contributed by atoms with Gasteiger partial charge >= 0.3 is 0 Å². The van der Waals surface area contributed by atoms with Crippen LogP contribution in [0.15, 0.2) is 48.1 Å². The van der Waals surface area contributed by atoms with Gasteiger partial charge in [0.25, 0.3) is 0 Å². The van der Waals surface area contributed by atoms with Crippen molar-refractivity contribution in [1.82, 2.24) is 14.8 Å². The van der Waals surface area contributed by atoms with Crippen molar-refractivity contribution in [3.05, 3.63) is 53.9 Å². The summed E-state index contributed by atoms with van der Waals surface area (Å²) in [6, 6.07) is 8.36. The molecule has 0 aliphatic carbocycles. The minimum Gasteiger partial charge on any atom is -0.351 e. The van der Waals surface area contributed by atoms with Crippen LogP contribution in [0.3, 0.4) is 0 Å². The van der Waals surface area contributed by atoms with Gasteiger partial charge in [-0.05, 0) is 36.8 Å². The van der Waals surface area contributed by atoms with Crippen molar-refractivity contribution in [3.8, 4) is 11.3 Å². The fourth-order valence-corrected chi connectivity index (χ4v) is 3.02. The molecular weight excluding hydrogens is 299 g/mol. The van der Waals surface area contributed by atoms with Gasteiger partial charge in [-0.3, -0.25) is 4.68 Å². The van der Waals surface area contributed by atoms with Crippen LogP contribution in [0.25, 0.3) is 11.3 Å². The Morgan fingerprint density at radius 2 is 2.09 bits per heavy atom. The average molecular weight is 316 g/mol. The molecule has 114 valence electrons. The summed E-state index contributed by atoms with van der Waals surface area (Å²) in [4.78, 5) is 6.77. The van der Waals surface area contributed by atoms with Crippen molar-refractivity contribution in [1.29, 1.82) is 0 Å². The first-order valence-electron chi connectivity index (χ1n) is 7.12. The molecular formula is C16H17FN4S. The first-order valence-corrected chi connectivity index (χ1v) is 8.00. The second-order valence-electron chi connectivity index (χ2n) is 5.07. The SMILES string of the molecule is CN(CCCn1cccn1)c1nc(-c2ccc(F)cc2)cs1. The minimum atomic E-state index is -0.227. The Labute approximate surface area is 132 Å². The normalized spacial score (nSPS) is 10.8. The number of benzene rings is 1. The smallest absolute Gasteiger partial charge is 0.185 e. The highest BCUT2D eigenvalue weighted by Gasteiger charge is 2.08. The van der Waals surface area contributed by atoms with Crippen LogP contribution in [-0.2, 0) is 6.54 Å². The fourth-order valence-electron chi connectivity index (χ4n) is 2.19. The van der Waals surface area contributed by atoms with E-state index in [-0.39, 0.29) is 5.82 Å². The number of rotatable bonds is 6. The summed E-state index contributed by atoms with van der Waals surface area (Å²) >= 11 is 1.60. The van der Waals surface area contributed by atoms with Gasteiger partial charge in [0.15, 0.2) is 5.13 Å². The molecule has 0 spiro atoms. The number of anilines is 1. The van der Waals surface area contributed by atoms with Crippen LogP contribution < -0.4 is 4.90 Å². The number of hydrogen-bond donors (Lipinski definition) is 0. The Kier molecular flexibility index (Phi) is 4.48. The Balaban J connectivity index is 1.59. The van der Waals surface area contributed by atoms with Crippen LogP contribution in [0, 0.1) is 5.82 Å². The third-order valence-corrected chi connectivity index (χ3v) is 4.35. The third-order valence-electron chi connectivity index (χ3n) is 3.40. The molecule has 1 aromatic carbocycles. The summed E-state index contributed by atoms with van der Waals surface area (Å²) in [6.07, 6.45) is 4.76. The Hall–Kier alpha value is -2.21. The summed E-state index contributed by atoms with van der Waals surface area (Å²) in [7, 11) is 2.04. The van der Waals surface area contributed by atoms with E-state index in [4.69, 9.17) is 0 Å². The molecule has 4 nitrogen and oxygen atoms in total. The molecule has 0 amide bonds. The lowest BCUT2D eigenvalue weighted by Gasteiger charge is -2.15. The van der Waals surface area contributed by atoms with Gasteiger partial charge in [-0.25, -0.2) is 9.37 Å². The second-order valence-corrected chi connectivity index (χ2v) is 5.90. The topological polar surface area (TPSA) is 34.0 Å². The van der Waals surface area contributed by atoms with Crippen LogP contribution in [0.5, 0.6) is 0 Å². The summed E-state index contributed by atoms with van der Waals surface area (Å²) in [5.74, 6) is -0.227. The zero-order chi connectivity index (χ0) is 15.4. The van der Waals surface area contributed by atoms with Crippen molar-refractivity contribution in [2.75, 3.05) is 18.5 Å². The lowest BCUT2D eigenvalue weighted by atomic mass is 10.2. The van der Waals surface area contributed by atoms with E-state index in [0.717, 1.165) is 35.9 Å². The highest BCUT2D eigenvalue weighted by atomic mass is 32.1. The fraction of sp³-hybridized carbons (Fsp3) is 0.250. The predicted molar refractivity (Wildman–Crippen MR) is 87.6 cm³/mol. The Morgan fingerprint density at radius 1 is 1.27 bits per heavy atom. The molecule has 0 aliphatic heterocycles. The van der Waals surface area contributed by atoms with Crippen molar-refractivity contribution < 1.29 is 4.39 Å². The Bertz CT molecular complexity index is 706. The molecule has 0 bridgehead atoms. The van der Waals surface area contributed by atoms with Gasteiger partial charge in [-0.1, -0.05) is 0 Å². The first kappa shape index (κ1) is 14.7. The molecule has 0 fully saturated rings. The van der Waals surface area contributed by atoms with Crippen molar-refractivity contribution in [2.45, 2.75) is 13.0 Å². The Morgan fingerprint density at radius 3 is 2.82 bits per heavy atom. The summed E-state index contributed by atoms with van der Waals surface area (Å²) in [5.41, 5.74) is 1.83. The van der Waals surface area contributed by atoms with E-state index in [1.165, 1.54) is 12.1 Å². The zero-order valence-electron chi connectivity index (χ0n) is 12.3. The molecule has 3 rings (SSSR count). The van der Waals surface area contributed by atoms with E-state index in [0.29, 0.717) is 0 Å². The molecule has 0 atom stereocenters. The molecule has 0 saturated heterocycles. The number of halogens is 1. The average Bonchev–Trinajstić information content (AvgIpc) is 3.19. The lowest BCUT2D eigenvalue weighted by molar-refractivity contribution is 0.578. The molecule has 22 heavy (non-hydrogen) atoms. The molecule has 2 aromatic heterocycles.